The zero-order valence-corrected chi connectivity index (χ0v) is 6.90. The van der Waals surface area contributed by atoms with Gasteiger partial charge < -0.3 is 0 Å². The fourth-order valence-electron chi connectivity index (χ4n) is 1.48. The largest absolute Gasteiger partial charge is 0.0988 e. The molecule has 0 aromatic rings. The van der Waals surface area contributed by atoms with E-state index in [-0.39, 0.29) is 0 Å². The van der Waals surface area contributed by atoms with E-state index in [9.17, 15) is 0 Å². The molecule has 0 unspecified atom stereocenters. The molecule has 0 N–H and O–H groups in total. The first-order valence-electron chi connectivity index (χ1n) is 3.95. The van der Waals surface area contributed by atoms with Gasteiger partial charge in [0.15, 0.2) is 0 Å². The van der Waals surface area contributed by atoms with Gasteiger partial charge in [-0.1, -0.05) is 31.9 Å². The van der Waals surface area contributed by atoms with Crippen molar-refractivity contribution in [2.75, 3.05) is 0 Å². The maximum Gasteiger partial charge on any atom is -0.0204 e. The van der Waals surface area contributed by atoms with Gasteiger partial charge in [0, 0.05) is 0 Å². The van der Waals surface area contributed by atoms with Gasteiger partial charge in [-0.25, -0.2) is 0 Å². The molecule has 0 amide bonds. The third-order valence-corrected chi connectivity index (χ3v) is 2.10. The lowest BCUT2D eigenvalue weighted by Gasteiger charge is -2.17. The van der Waals surface area contributed by atoms with E-state index in [2.05, 4.69) is 19.7 Å². The molecule has 0 aromatic carbocycles. The summed E-state index contributed by atoms with van der Waals surface area (Å²) in [5.41, 5.74) is 3.73. The Morgan fingerprint density at radius 2 is 1.82 bits per heavy atom. The van der Waals surface area contributed by atoms with E-state index in [4.69, 9.17) is 0 Å². The molecule has 0 heterocycles. The Balaban J connectivity index is 3.04. The van der Waals surface area contributed by atoms with Crippen molar-refractivity contribution >= 4 is 0 Å². The standard InChI is InChI=1S/C11H14/c1-4-10-8-6-7-9(3)11(10)5-2/h4-5H,1-3,6-8H2. The summed E-state index contributed by atoms with van der Waals surface area (Å²) in [7, 11) is 0. The van der Waals surface area contributed by atoms with Crippen LogP contribution in [-0.4, -0.2) is 0 Å². The molecule has 0 bridgehead atoms. The highest BCUT2D eigenvalue weighted by Gasteiger charge is 2.10. The Hall–Kier alpha value is -1.04. The van der Waals surface area contributed by atoms with Crippen LogP contribution in [0.3, 0.4) is 0 Å². The summed E-state index contributed by atoms with van der Waals surface area (Å²) in [4.78, 5) is 0. The Morgan fingerprint density at radius 1 is 1.09 bits per heavy atom. The van der Waals surface area contributed by atoms with Crippen molar-refractivity contribution < 1.29 is 0 Å². The smallest absolute Gasteiger partial charge is 0.0204 e. The van der Waals surface area contributed by atoms with Gasteiger partial charge in [-0.05, 0) is 36.0 Å². The van der Waals surface area contributed by atoms with Crippen LogP contribution in [0.5, 0.6) is 0 Å². The number of hydrogen-bond acceptors (Lipinski definition) is 0. The molecule has 1 aliphatic carbocycles. The summed E-state index contributed by atoms with van der Waals surface area (Å²) < 4.78 is 0. The van der Waals surface area contributed by atoms with Crippen LogP contribution in [0.4, 0.5) is 0 Å². The monoisotopic (exact) mass is 146 g/mol. The maximum atomic E-state index is 3.99. The van der Waals surface area contributed by atoms with Crippen LogP contribution in [-0.2, 0) is 0 Å². The van der Waals surface area contributed by atoms with Gasteiger partial charge in [-0.2, -0.15) is 0 Å². The maximum absolute atomic E-state index is 3.99. The second kappa shape index (κ2) is 3.38. The third kappa shape index (κ3) is 1.51. The molecule has 58 valence electrons. The van der Waals surface area contributed by atoms with Crippen LogP contribution in [0.25, 0.3) is 0 Å². The quantitative estimate of drug-likeness (QED) is 0.560. The summed E-state index contributed by atoms with van der Waals surface area (Å²) in [6.45, 7) is 11.5. The predicted octanol–water partition coefficient (Wildman–Crippen LogP) is 3.40. The van der Waals surface area contributed by atoms with Gasteiger partial charge in [0.1, 0.15) is 0 Å². The second-order valence-corrected chi connectivity index (χ2v) is 2.80. The van der Waals surface area contributed by atoms with E-state index in [0.717, 1.165) is 12.8 Å². The lowest BCUT2D eigenvalue weighted by Crippen LogP contribution is -1.98. The van der Waals surface area contributed by atoms with E-state index in [1.54, 1.807) is 0 Å². The molecule has 0 aliphatic heterocycles. The van der Waals surface area contributed by atoms with Crippen LogP contribution in [0.2, 0.25) is 0 Å². The summed E-state index contributed by atoms with van der Waals surface area (Å²) in [5, 5.41) is 0. The van der Waals surface area contributed by atoms with Crippen molar-refractivity contribution in [2.24, 2.45) is 0 Å². The van der Waals surface area contributed by atoms with Gasteiger partial charge in [-0.15, -0.1) is 0 Å². The minimum atomic E-state index is 1.11. The molecule has 0 aromatic heterocycles. The lowest BCUT2D eigenvalue weighted by molar-refractivity contribution is 0.787. The van der Waals surface area contributed by atoms with Gasteiger partial charge in [0.2, 0.25) is 0 Å². The topological polar surface area (TPSA) is 0 Å². The molecule has 0 nitrogen and oxygen atoms in total. The Bertz CT molecular complexity index is 228. The van der Waals surface area contributed by atoms with Crippen molar-refractivity contribution in [2.45, 2.75) is 19.3 Å². The number of rotatable bonds is 2. The summed E-state index contributed by atoms with van der Waals surface area (Å²) in [5.74, 6) is 0. The third-order valence-electron chi connectivity index (χ3n) is 2.10. The SMILES string of the molecule is C=CC1=C(C=C)C(=C)CCC1. The lowest BCUT2D eigenvalue weighted by atomic mass is 9.88. The van der Waals surface area contributed by atoms with Crippen molar-refractivity contribution in [1.29, 1.82) is 0 Å². The molecule has 1 aliphatic rings. The van der Waals surface area contributed by atoms with Gasteiger partial charge in [0.25, 0.3) is 0 Å². The van der Waals surface area contributed by atoms with E-state index in [1.165, 1.54) is 23.1 Å². The Morgan fingerprint density at radius 3 is 2.27 bits per heavy atom. The first kappa shape index (κ1) is 8.06. The Kier molecular flexibility index (Phi) is 2.48. The molecule has 0 spiro atoms. The normalized spacial score (nSPS) is 18.4. The summed E-state index contributed by atoms with van der Waals surface area (Å²) >= 11 is 0. The van der Waals surface area contributed by atoms with Crippen molar-refractivity contribution in [3.63, 3.8) is 0 Å². The molecule has 0 saturated heterocycles. The Labute approximate surface area is 68.6 Å². The molecule has 0 radical (unpaired) electrons. The molecule has 11 heavy (non-hydrogen) atoms. The molecule has 0 fully saturated rings. The van der Waals surface area contributed by atoms with E-state index < -0.39 is 0 Å². The van der Waals surface area contributed by atoms with Crippen LogP contribution in [0, 0.1) is 0 Å². The second-order valence-electron chi connectivity index (χ2n) is 2.80. The highest BCUT2D eigenvalue weighted by atomic mass is 14.1. The van der Waals surface area contributed by atoms with E-state index >= 15 is 0 Å². The van der Waals surface area contributed by atoms with Gasteiger partial charge in [0.05, 0.1) is 0 Å². The zero-order valence-electron chi connectivity index (χ0n) is 6.90. The summed E-state index contributed by atoms with van der Waals surface area (Å²) in [6.07, 6.45) is 7.25. The average Bonchev–Trinajstić information content (AvgIpc) is 2.04. The van der Waals surface area contributed by atoms with Crippen molar-refractivity contribution in [3.05, 3.63) is 48.6 Å². The highest BCUT2D eigenvalue weighted by Crippen LogP contribution is 2.29. The fraction of sp³-hybridized carbons (Fsp3) is 0.273. The summed E-state index contributed by atoms with van der Waals surface area (Å²) in [6, 6.07) is 0. The van der Waals surface area contributed by atoms with Crippen LogP contribution in [0.1, 0.15) is 19.3 Å². The van der Waals surface area contributed by atoms with E-state index in [1.807, 2.05) is 12.2 Å². The van der Waals surface area contributed by atoms with Crippen LogP contribution >= 0.6 is 0 Å². The first-order valence-corrected chi connectivity index (χ1v) is 3.95. The van der Waals surface area contributed by atoms with Crippen LogP contribution in [0.15, 0.2) is 48.6 Å². The fourth-order valence-corrected chi connectivity index (χ4v) is 1.48. The number of allylic oxidation sites excluding steroid dienone is 5. The van der Waals surface area contributed by atoms with E-state index in [0.29, 0.717) is 0 Å². The molecule has 0 heteroatoms. The number of hydrogen-bond donors (Lipinski definition) is 0. The van der Waals surface area contributed by atoms with Crippen molar-refractivity contribution in [3.8, 4) is 0 Å². The van der Waals surface area contributed by atoms with Crippen molar-refractivity contribution in [1.82, 2.24) is 0 Å². The highest BCUT2D eigenvalue weighted by molar-refractivity contribution is 5.46. The van der Waals surface area contributed by atoms with Gasteiger partial charge in [-0.3, -0.25) is 0 Å². The first-order chi connectivity index (χ1) is 5.29. The molecule has 0 atom stereocenters. The minimum Gasteiger partial charge on any atom is -0.0988 e. The molecular weight excluding hydrogens is 132 g/mol. The predicted molar refractivity (Wildman–Crippen MR) is 50.4 cm³/mol. The minimum absolute atomic E-state index is 1.11. The zero-order chi connectivity index (χ0) is 8.27. The molecular formula is C11H14. The average molecular weight is 146 g/mol. The van der Waals surface area contributed by atoms with Gasteiger partial charge >= 0.3 is 0 Å². The molecule has 1 rings (SSSR count). The molecule has 0 saturated carbocycles. The van der Waals surface area contributed by atoms with Crippen LogP contribution < -0.4 is 0 Å².